The predicted octanol–water partition coefficient (Wildman–Crippen LogP) is -1.67. The molecule has 0 aromatic carbocycles. The van der Waals surface area contributed by atoms with Gasteiger partial charge in [0.2, 0.25) is 6.10 Å². The van der Waals surface area contributed by atoms with E-state index < -0.39 is 75.4 Å². The van der Waals surface area contributed by atoms with Crippen molar-refractivity contribution in [2.24, 2.45) is 11.1 Å². The van der Waals surface area contributed by atoms with E-state index in [0.717, 1.165) is 18.3 Å². The van der Waals surface area contributed by atoms with Gasteiger partial charge in [-0.25, -0.2) is 14.6 Å². The number of nitrogens with one attached hydrogen (secondary N) is 1. The van der Waals surface area contributed by atoms with Crippen LogP contribution in [0.4, 0.5) is 5.13 Å². The highest BCUT2D eigenvalue weighted by Gasteiger charge is 2.73. The summed E-state index contributed by atoms with van der Waals surface area (Å²) in [5.41, 5.74) is 2.39. The summed E-state index contributed by atoms with van der Waals surface area (Å²) < 4.78 is 17.8. The summed E-state index contributed by atoms with van der Waals surface area (Å²) in [6, 6.07) is -1.48. The van der Waals surface area contributed by atoms with Crippen LogP contribution in [-0.2, 0) is 44.3 Å². The highest BCUT2D eigenvalue weighted by Crippen LogP contribution is 2.47. The molecule has 3 aliphatic heterocycles. The predicted molar refractivity (Wildman–Crippen MR) is 116 cm³/mol. The van der Waals surface area contributed by atoms with Gasteiger partial charge in [0.25, 0.3) is 17.5 Å². The van der Waals surface area contributed by atoms with Gasteiger partial charge in [-0.3, -0.25) is 23.5 Å². The van der Waals surface area contributed by atoms with Crippen LogP contribution in [0.5, 0.6) is 0 Å². The first kappa shape index (κ1) is 24.8. The number of carboxylic acid groups (broad SMARTS) is 2. The molecule has 4 rings (SSSR count). The fourth-order valence-electron chi connectivity index (χ4n) is 3.94. The molecule has 15 nitrogen and oxygen atoms in total. The molecule has 6 atom stereocenters. The molecule has 35 heavy (non-hydrogen) atoms. The maximum atomic E-state index is 13.0. The van der Waals surface area contributed by atoms with Crippen LogP contribution < -0.4 is 11.1 Å². The van der Waals surface area contributed by atoms with Crippen molar-refractivity contribution in [2.45, 2.75) is 36.6 Å². The number of halogens is 1. The Bertz CT molecular complexity index is 1220. The van der Waals surface area contributed by atoms with Crippen molar-refractivity contribution >= 4 is 74.3 Å². The smallest absolute Gasteiger partial charge is 0.370 e. The van der Waals surface area contributed by atoms with E-state index in [9.17, 15) is 33.3 Å². The number of hydrogen-bond donors (Lipinski definition) is 4. The minimum Gasteiger partial charge on any atom is -0.478 e. The lowest BCUT2D eigenvalue weighted by Gasteiger charge is -2.56. The Morgan fingerprint density at radius 2 is 2.11 bits per heavy atom. The van der Waals surface area contributed by atoms with Crippen molar-refractivity contribution in [3.05, 3.63) is 10.0 Å². The molecule has 2 amide bonds. The summed E-state index contributed by atoms with van der Waals surface area (Å²) in [7, 11) is -1.85. The van der Waals surface area contributed by atoms with Gasteiger partial charge in [-0.15, -0.1) is 0 Å². The van der Waals surface area contributed by atoms with Gasteiger partial charge in [0, 0.05) is 16.6 Å². The molecule has 18 heteroatoms. The second-order valence-electron chi connectivity index (χ2n) is 7.67. The molecule has 0 radical (unpaired) electrons. The van der Waals surface area contributed by atoms with Gasteiger partial charge in [-0.05, 0) is 6.92 Å². The average Bonchev–Trinajstić information content (AvgIpc) is 3.28. The number of esters is 1. The summed E-state index contributed by atoms with van der Waals surface area (Å²) in [5, 5.41) is 23.2. The second kappa shape index (κ2) is 8.72. The van der Waals surface area contributed by atoms with Crippen LogP contribution in [0.2, 0.25) is 4.34 Å². The van der Waals surface area contributed by atoms with Gasteiger partial charge in [-0.2, -0.15) is 0 Å². The van der Waals surface area contributed by atoms with Gasteiger partial charge >= 0.3 is 17.9 Å². The number of anilines is 1. The van der Waals surface area contributed by atoms with E-state index in [2.05, 4.69) is 15.5 Å². The third-order valence-corrected chi connectivity index (χ3v) is 8.39. The Kier molecular flexibility index (Phi) is 6.18. The average molecular weight is 550 g/mol. The Labute approximate surface area is 206 Å². The van der Waals surface area contributed by atoms with Crippen LogP contribution in [0.25, 0.3) is 0 Å². The molecule has 5 N–H and O–H groups in total. The number of aromatic nitrogens is 1. The highest BCUT2D eigenvalue weighted by molar-refractivity contribution is 7.85. The van der Waals surface area contributed by atoms with Crippen LogP contribution in [-0.4, -0.2) is 88.7 Å². The number of carboxylic acids is 2. The van der Waals surface area contributed by atoms with Crippen LogP contribution in [0, 0.1) is 5.92 Å². The Hall–Kier alpha value is -3.31. The summed E-state index contributed by atoms with van der Waals surface area (Å²) in [6.07, 6.45) is -1.80. The van der Waals surface area contributed by atoms with Gasteiger partial charge in [0.1, 0.15) is 21.4 Å². The summed E-state index contributed by atoms with van der Waals surface area (Å²) in [4.78, 5) is 70.2. The first-order chi connectivity index (χ1) is 16.4. The molecular weight excluding hydrogens is 534 g/mol. The molecule has 3 fully saturated rings. The number of carbonyl (C=O) groups excluding carboxylic acids is 3. The van der Waals surface area contributed by atoms with Crippen molar-refractivity contribution in [1.82, 2.24) is 15.2 Å². The number of ether oxygens (including phenoxy) is 1. The lowest BCUT2D eigenvalue weighted by atomic mass is 9.89. The third-order valence-electron chi connectivity index (χ3n) is 5.56. The van der Waals surface area contributed by atoms with Gasteiger partial charge < -0.3 is 30.8 Å². The fraction of sp³-hybridized carbons (Fsp3) is 0.471. The molecule has 3 saturated heterocycles. The number of nitrogens with two attached hydrogens (primary N) is 1. The number of fused-ring (bicyclic) bond motifs is 3. The van der Waals surface area contributed by atoms with Crippen LogP contribution >= 0.6 is 22.9 Å². The first-order valence-electron chi connectivity index (χ1n) is 9.73. The summed E-state index contributed by atoms with van der Waals surface area (Å²) >= 11 is 6.83. The highest BCUT2D eigenvalue weighted by atomic mass is 35.5. The number of nitrogens with zero attached hydrogens (tertiary/aromatic N) is 3. The van der Waals surface area contributed by atoms with E-state index in [1.165, 1.54) is 0 Å². The largest absolute Gasteiger partial charge is 0.478 e. The number of hydrogen-bond acceptors (Lipinski definition) is 12. The minimum absolute atomic E-state index is 0.0476. The minimum atomic E-state index is -2.32. The number of nitrogen functional groups attached to an aromatic ring is 1. The van der Waals surface area contributed by atoms with E-state index in [0.29, 0.717) is 4.90 Å². The third kappa shape index (κ3) is 3.88. The number of β-lactam (4-membered cyclic amide) rings is 1. The van der Waals surface area contributed by atoms with Crippen LogP contribution in [0.1, 0.15) is 19.0 Å². The van der Waals surface area contributed by atoms with Crippen molar-refractivity contribution in [1.29, 1.82) is 0 Å². The molecule has 4 heterocycles. The molecule has 1 aromatic heterocycles. The molecular formula is C17H16ClN5O10S2. The number of rotatable bonds is 7. The molecule has 0 bridgehead atoms. The molecule has 0 spiro atoms. The zero-order chi connectivity index (χ0) is 25.8. The molecule has 188 valence electrons. The van der Waals surface area contributed by atoms with Crippen molar-refractivity contribution in [3.63, 3.8) is 0 Å². The number of aliphatic carboxylic acids is 2. The Morgan fingerprint density at radius 1 is 1.43 bits per heavy atom. The fourth-order valence-corrected chi connectivity index (χ4v) is 6.78. The van der Waals surface area contributed by atoms with E-state index in [1.54, 1.807) is 0 Å². The number of oxime groups is 1. The van der Waals surface area contributed by atoms with E-state index in [4.69, 9.17) is 32.0 Å². The topological polar surface area (TPSA) is 228 Å². The molecule has 0 saturated carbocycles. The monoisotopic (exact) mass is 549 g/mol. The van der Waals surface area contributed by atoms with E-state index in [1.807, 2.05) is 0 Å². The lowest BCUT2D eigenvalue weighted by molar-refractivity contribution is -0.216. The SMILES string of the molecule is C[C@@H](O/N=C(\C(=O)N[C@@H]1C(=O)N2[C@@H]1S(=O)C[C@@H]1CC(=O)O[C@@]12C(=O)O)c1nc(N)sc1Cl)C(=O)O. The molecule has 0 aliphatic carbocycles. The Balaban J connectivity index is 1.62. The number of thiazole rings is 1. The number of amides is 2. The van der Waals surface area contributed by atoms with Crippen LogP contribution in [0.15, 0.2) is 5.16 Å². The molecule has 1 unspecified atom stereocenters. The van der Waals surface area contributed by atoms with Gasteiger partial charge in [-0.1, -0.05) is 28.1 Å². The summed E-state index contributed by atoms with van der Waals surface area (Å²) in [5.74, 6) is -7.19. The van der Waals surface area contributed by atoms with Gasteiger partial charge in [0.05, 0.1) is 12.3 Å². The second-order valence-corrected chi connectivity index (χ2v) is 10.9. The summed E-state index contributed by atoms with van der Waals surface area (Å²) in [6.45, 7) is 1.14. The maximum absolute atomic E-state index is 13.0. The van der Waals surface area contributed by atoms with E-state index >= 15 is 0 Å². The quantitative estimate of drug-likeness (QED) is 0.129. The zero-order valence-corrected chi connectivity index (χ0v) is 19.9. The first-order valence-corrected chi connectivity index (χ1v) is 12.3. The van der Waals surface area contributed by atoms with E-state index in [-0.39, 0.29) is 27.3 Å². The number of carbonyl (C=O) groups is 5. The molecule has 1 aromatic rings. The van der Waals surface area contributed by atoms with Crippen molar-refractivity contribution in [3.8, 4) is 0 Å². The van der Waals surface area contributed by atoms with Crippen molar-refractivity contribution < 1.29 is 48.0 Å². The van der Waals surface area contributed by atoms with Crippen LogP contribution in [0.3, 0.4) is 0 Å². The Morgan fingerprint density at radius 3 is 2.69 bits per heavy atom. The lowest BCUT2D eigenvalue weighted by Crippen LogP contribution is -2.83. The van der Waals surface area contributed by atoms with Gasteiger partial charge in [0.15, 0.2) is 10.8 Å². The standard InChI is InChI=1S/C17H16ClN5O10S2/c1-4(14(27)28)33-22-8(7-10(18)34-16(19)21-7)11(25)20-9-12(26)23-13(9)35(31)3-5-2-6(24)32-17(5,23)15(29)30/h4-5,9,13H,2-3H2,1H3,(H2,19,21)(H,20,25)(H,27,28)(H,29,30)/b22-8-/t4-,5+,9-,13-,17-,35?/m1/s1. The van der Waals surface area contributed by atoms with Crippen molar-refractivity contribution in [2.75, 3.05) is 11.5 Å². The zero-order valence-electron chi connectivity index (χ0n) is 17.5. The molecule has 3 aliphatic rings. The normalized spacial score (nSPS) is 30.5. The maximum Gasteiger partial charge on any atom is 0.370 e.